The van der Waals surface area contributed by atoms with Crippen LogP contribution in [-0.2, 0) is 0 Å². The Kier molecular flexibility index (Phi) is 5.03. The third-order valence-corrected chi connectivity index (χ3v) is 4.61. The average Bonchev–Trinajstić information content (AvgIpc) is 2.57. The molecule has 0 amide bonds. The summed E-state index contributed by atoms with van der Waals surface area (Å²) in [5.41, 5.74) is -0.894. The van der Waals surface area contributed by atoms with Gasteiger partial charge in [-0.3, -0.25) is 14.8 Å². The van der Waals surface area contributed by atoms with Gasteiger partial charge in [0.05, 0.1) is 11.9 Å². The highest BCUT2D eigenvalue weighted by atomic mass is 127. The number of aromatic amines is 1. The van der Waals surface area contributed by atoms with Crippen molar-refractivity contribution in [1.29, 1.82) is 0 Å². The lowest BCUT2D eigenvalue weighted by Gasteiger charge is -2.23. The summed E-state index contributed by atoms with van der Waals surface area (Å²) in [5.74, 6) is -0.411. The van der Waals surface area contributed by atoms with Gasteiger partial charge >= 0.3 is 5.69 Å². The molecule has 1 aliphatic heterocycles. The van der Waals surface area contributed by atoms with Gasteiger partial charge < -0.3 is 5.11 Å². The van der Waals surface area contributed by atoms with Crippen LogP contribution >= 0.6 is 22.6 Å². The number of aromatic hydroxyl groups is 1. The predicted molar refractivity (Wildman–Crippen MR) is 100 cm³/mol. The highest BCUT2D eigenvalue weighted by molar-refractivity contribution is 14.1. The molecule has 24 heavy (non-hydrogen) atoms. The SMILES string of the molecule is O=c1[nH]c(=O)n(-c2ccc(I)cc2)c(O)c1C=NN1CCCCC1. The van der Waals surface area contributed by atoms with Gasteiger partial charge in [-0.25, -0.2) is 9.36 Å². The van der Waals surface area contributed by atoms with Gasteiger partial charge in [0.1, 0.15) is 5.56 Å². The van der Waals surface area contributed by atoms with Crippen LogP contribution in [0.3, 0.4) is 0 Å². The van der Waals surface area contributed by atoms with Gasteiger partial charge in [0.15, 0.2) is 0 Å². The van der Waals surface area contributed by atoms with Crippen LogP contribution in [0.4, 0.5) is 0 Å². The van der Waals surface area contributed by atoms with Gasteiger partial charge in [-0.15, -0.1) is 0 Å². The van der Waals surface area contributed by atoms with E-state index in [1.807, 2.05) is 17.1 Å². The highest BCUT2D eigenvalue weighted by Crippen LogP contribution is 2.17. The minimum absolute atomic E-state index is 0.0290. The van der Waals surface area contributed by atoms with Crippen LogP contribution in [0, 0.1) is 3.57 Å². The van der Waals surface area contributed by atoms with Gasteiger partial charge in [-0.05, 0) is 66.1 Å². The number of nitrogens with one attached hydrogen (secondary N) is 1. The second-order valence-electron chi connectivity index (χ2n) is 5.57. The van der Waals surface area contributed by atoms with Crippen LogP contribution in [0.2, 0.25) is 0 Å². The number of rotatable bonds is 3. The first-order chi connectivity index (χ1) is 11.6. The van der Waals surface area contributed by atoms with Crippen molar-refractivity contribution in [2.75, 3.05) is 13.1 Å². The molecule has 2 N–H and O–H groups in total. The number of piperidine rings is 1. The monoisotopic (exact) mass is 440 g/mol. The Hall–Kier alpha value is -2.10. The van der Waals surface area contributed by atoms with Crippen molar-refractivity contribution in [3.63, 3.8) is 0 Å². The second-order valence-corrected chi connectivity index (χ2v) is 6.81. The molecule has 1 aliphatic rings. The summed E-state index contributed by atoms with van der Waals surface area (Å²) >= 11 is 2.15. The van der Waals surface area contributed by atoms with E-state index in [1.165, 1.54) is 12.6 Å². The van der Waals surface area contributed by atoms with Crippen molar-refractivity contribution in [2.45, 2.75) is 19.3 Å². The van der Waals surface area contributed by atoms with Gasteiger partial charge in [0, 0.05) is 16.7 Å². The molecular formula is C16H17IN4O3. The molecule has 2 heterocycles. The lowest BCUT2D eigenvalue weighted by atomic mass is 10.2. The first-order valence-corrected chi connectivity index (χ1v) is 8.77. The predicted octanol–water partition coefficient (Wildman–Crippen LogP) is 1.66. The lowest BCUT2D eigenvalue weighted by Crippen LogP contribution is -2.32. The minimum atomic E-state index is -0.686. The van der Waals surface area contributed by atoms with Gasteiger partial charge in [-0.1, -0.05) is 0 Å². The van der Waals surface area contributed by atoms with Crippen LogP contribution in [0.15, 0.2) is 39.0 Å². The topological polar surface area (TPSA) is 90.7 Å². The average molecular weight is 440 g/mol. The molecule has 1 aromatic heterocycles. The van der Waals surface area contributed by atoms with Crippen molar-refractivity contribution < 1.29 is 5.11 Å². The molecule has 0 radical (unpaired) electrons. The fourth-order valence-electron chi connectivity index (χ4n) is 2.62. The molecule has 1 aromatic carbocycles. The van der Waals surface area contributed by atoms with E-state index in [0.29, 0.717) is 5.69 Å². The molecule has 1 saturated heterocycles. The maximum atomic E-state index is 12.1. The number of hydrogen-bond acceptors (Lipinski definition) is 5. The van der Waals surface area contributed by atoms with Gasteiger partial charge in [-0.2, -0.15) is 5.10 Å². The van der Waals surface area contributed by atoms with Crippen LogP contribution < -0.4 is 11.2 Å². The Morgan fingerprint density at radius 2 is 1.79 bits per heavy atom. The molecule has 0 spiro atoms. The van der Waals surface area contributed by atoms with Crippen molar-refractivity contribution in [1.82, 2.24) is 14.6 Å². The van der Waals surface area contributed by atoms with E-state index < -0.39 is 17.1 Å². The summed E-state index contributed by atoms with van der Waals surface area (Å²) in [7, 11) is 0. The number of halogens is 1. The van der Waals surface area contributed by atoms with Crippen molar-refractivity contribution in [3.8, 4) is 11.6 Å². The van der Waals surface area contributed by atoms with Crippen LogP contribution in [0.1, 0.15) is 24.8 Å². The second kappa shape index (κ2) is 7.20. The van der Waals surface area contributed by atoms with Crippen molar-refractivity contribution in [3.05, 3.63) is 54.2 Å². The van der Waals surface area contributed by atoms with Crippen LogP contribution in [0.25, 0.3) is 5.69 Å². The summed E-state index contributed by atoms with van der Waals surface area (Å²) in [6.45, 7) is 1.65. The molecule has 2 aromatic rings. The molecular weight excluding hydrogens is 423 g/mol. The van der Waals surface area contributed by atoms with E-state index in [9.17, 15) is 14.7 Å². The molecule has 8 heteroatoms. The van der Waals surface area contributed by atoms with E-state index in [2.05, 4.69) is 32.7 Å². The summed E-state index contributed by atoms with van der Waals surface area (Å²) in [6.07, 6.45) is 4.61. The number of nitrogens with zero attached hydrogens (tertiary/aromatic N) is 3. The zero-order chi connectivity index (χ0) is 17.1. The third-order valence-electron chi connectivity index (χ3n) is 3.89. The molecule has 0 atom stereocenters. The fraction of sp³-hybridized carbons (Fsp3) is 0.312. The maximum absolute atomic E-state index is 12.1. The Bertz CT molecular complexity index is 864. The molecule has 0 aliphatic carbocycles. The summed E-state index contributed by atoms with van der Waals surface area (Å²) in [4.78, 5) is 26.4. The van der Waals surface area contributed by atoms with Gasteiger partial charge in [0.25, 0.3) is 5.56 Å². The lowest BCUT2D eigenvalue weighted by molar-refractivity contribution is 0.240. The zero-order valence-electron chi connectivity index (χ0n) is 12.9. The smallest absolute Gasteiger partial charge is 0.335 e. The molecule has 126 valence electrons. The number of H-pyrrole nitrogens is 1. The Morgan fingerprint density at radius 3 is 2.46 bits per heavy atom. The normalized spacial score (nSPS) is 15.1. The molecule has 0 bridgehead atoms. The quantitative estimate of drug-likeness (QED) is 0.561. The van der Waals surface area contributed by atoms with Crippen molar-refractivity contribution >= 4 is 28.8 Å². The van der Waals surface area contributed by atoms with E-state index >= 15 is 0 Å². The number of hydrogen-bond donors (Lipinski definition) is 2. The number of aromatic nitrogens is 2. The van der Waals surface area contributed by atoms with Crippen LogP contribution in [-0.4, -0.2) is 39.0 Å². The summed E-state index contributed by atoms with van der Waals surface area (Å²) in [6, 6.07) is 7.03. The largest absolute Gasteiger partial charge is 0.493 e. The first kappa shape index (κ1) is 16.7. The molecule has 7 nitrogen and oxygen atoms in total. The van der Waals surface area contributed by atoms with Gasteiger partial charge in [0.2, 0.25) is 5.88 Å². The van der Waals surface area contributed by atoms with E-state index in [1.54, 1.807) is 12.1 Å². The number of benzene rings is 1. The molecule has 3 rings (SSSR count). The summed E-state index contributed by atoms with van der Waals surface area (Å²) < 4.78 is 2.06. The molecule has 0 unspecified atom stereocenters. The third kappa shape index (κ3) is 3.53. The summed E-state index contributed by atoms with van der Waals surface area (Å²) in [5, 5.41) is 16.6. The zero-order valence-corrected chi connectivity index (χ0v) is 15.1. The molecule has 1 fully saturated rings. The standard InChI is InChI=1S/C16H17IN4O3/c17-11-4-6-12(7-5-11)21-15(23)13(14(22)19-16(21)24)10-18-20-8-2-1-3-9-20/h4-7,10,23H,1-3,8-9H2,(H,19,22,24). The Morgan fingerprint density at radius 1 is 1.12 bits per heavy atom. The molecule has 0 saturated carbocycles. The van der Waals surface area contributed by atoms with Crippen molar-refractivity contribution in [2.24, 2.45) is 5.10 Å². The Labute approximate surface area is 151 Å². The minimum Gasteiger partial charge on any atom is -0.493 e. The van der Waals surface area contributed by atoms with E-state index in [4.69, 9.17) is 0 Å². The highest BCUT2D eigenvalue weighted by Gasteiger charge is 2.15. The van der Waals surface area contributed by atoms with E-state index in [-0.39, 0.29) is 5.56 Å². The van der Waals surface area contributed by atoms with E-state index in [0.717, 1.165) is 34.1 Å². The number of hydrazone groups is 1. The fourth-order valence-corrected chi connectivity index (χ4v) is 2.98. The first-order valence-electron chi connectivity index (χ1n) is 7.69. The Balaban J connectivity index is 2.02. The van der Waals surface area contributed by atoms with Crippen LogP contribution in [0.5, 0.6) is 5.88 Å². The maximum Gasteiger partial charge on any atom is 0.335 e.